The first-order chi connectivity index (χ1) is 12.6. The number of benzene rings is 1. The lowest BCUT2D eigenvalue weighted by Gasteiger charge is -2.39. The van der Waals surface area contributed by atoms with E-state index < -0.39 is 14.6 Å². The molecule has 0 spiro atoms. The van der Waals surface area contributed by atoms with Crippen molar-refractivity contribution in [2.24, 2.45) is 10.9 Å². The minimum Gasteiger partial charge on any atom is -0.352 e. The van der Waals surface area contributed by atoms with Gasteiger partial charge in [0.05, 0.1) is 10.5 Å². The average Bonchev–Trinajstić information content (AvgIpc) is 2.59. The second-order valence-corrected chi connectivity index (χ2v) is 10.5. The molecule has 1 amide bonds. The Morgan fingerprint density at radius 1 is 1.25 bits per heavy atom. The number of nitrogens with zero attached hydrogens (tertiary/aromatic N) is 2. The van der Waals surface area contributed by atoms with Crippen molar-refractivity contribution in [1.82, 2.24) is 10.2 Å². The van der Waals surface area contributed by atoms with Gasteiger partial charge in [0.2, 0.25) is 5.91 Å². The summed E-state index contributed by atoms with van der Waals surface area (Å²) >= 11 is 0. The Labute approximate surface area is 185 Å². The summed E-state index contributed by atoms with van der Waals surface area (Å²) in [6.45, 7) is 8.63. The van der Waals surface area contributed by atoms with Crippen LogP contribution in [0.1, 0.15) is 33.3 Å². The third-order valence-electron chi connectivity index (χ3n) is 4.75. The van der Waals surface area contributed by atoms with E-state index in [9.17, 15) is 13.2 Å². The summed E-state index contributed by atoms with van der Waals surface area (Å²) in [5, 5.41) is 6.16. The first kappa shape index (κ1) is 24.7. The van der Waals surface area contributed by atoms with Crippen molar-refractivity contribution in [3.63, 3.8) is 0 Å². The zero-order chi connectivity index (χ0) is 20.2. The number of rotatable bonds is 4. The maximum Gasteiger partial charge on any atom is 0.226 e. The van der Waals surface area contributed by atoms with E-state index in [1.54, 1.807) is 20.9 Å². The van der Waals surface area contributed by atoms with Crippen LogP contribution in [-0.4, -0.2) is 55.8 Å². The molecule has 28 heavy (non-hydrogen) atoms. The Morgan fingerprint density at radius 3 is 2.36 bits per heavy atom. The molecule has 1 fully saturated rings. The molecule has 0 atom stereocenters. The molecule has 1 aliphatic rings. The Balaban J connectivity index is 0.00000392. The molecule has 2 N–H and O–H groups in total. The number of hydrogen-bond acceptors (Lipinski definition) is 4. The van der Waals surface area contributed by atoms with Gasteiger partial charge < -0.3 is 15.5 Å². The quantitative estimate of drug-likeness (QED) is 0.360. The van der Waals surface area contributed by atoms with Crippen LogP contribution in [-0.2, 0) is 21.2 Å². The normalized spacial score (nSPS) is 18.4. The fourth-order valence-corrected chi connectivity index (χ4v) is 4.20. The van der Waals surface area contributed by atoms with Crippen LogP contribution in [0.25, 0.3) is 0 Å². The third-order valence-corrected chi connectivity index (χ3v) is 7.28. The SMILES string of the molecule is CN=C(NCc1ccc(NC(=O)C(C)C)cc1)N1CCS(=O)(=O)C(C)(C)C1.I. The highest BCUT2D eigenvalue weighted by Gasteiger charge is 2.40. The monoisotopic (exact) mass is 522 g/mol. The summed E-state index contributed by atoms with van der Waals surface area (Å²) in [6, 6.07) is 7.63. The molecule has 1 aliphatic heterocycles. The van der Waals surface area contributed by atoms with Crippen LogP contribution in [0.2, 0.25) is 0 Å². The molecule has 0 saturated carbocycles. The number of sulfone groups is 1. The van der Waals surface area contributed by atoms with Gasteiger partial charge in [0.1, 0.15) is 0 Å². The average molecular weight is 522 g/mol. The van der Waals surface area contributed by atoms with Crippen LogP contribution in [0.3, 0.4) is 0 Å². The van der Waals surface area contributed by atoms with E-state index in [2.05, 4.69) is 15.6 Å². The number of hydrogen-bond donors (Lipinski definition) is 2. The van der Waals surface area contributed by atoms with E-state index in [4.69, 9.17) is 0 Å². The number of nitrogens with one attached hydrogen (secondary N) is 2. The van der Waals surface area contributed by atoms with Gasteiger partial charge >= 0.3 is 0 Å². The zero-order valence-electron chi connectivity index (χ0n) is 17.2. The van der Waals surface area contributed by atoms with Gasteiger partial charge in [-0.25, -0.2) is 8.42 Å². The van der Waals surface area contributed by atoms with E-state index >= 15 is 0 Å². The smallest absolute Gasteiger partial charge is 0.226 e. The second kappa shape index (κ2) is 9.91. The molecule has 2 rings (SSSR count). The molecule has 0 radical (unpaired) electrons. The molecular formula is C19H31IN4O3S. The number of anilines is 1. The summed E-state index contributed by atoms with van der Waals surface area (Å²) in [6.07, 6.45) is 0. The van der Waals surface area contributed by atoms with Crippen LogP contribution in [0, 0.1) is 5.92 Å². The zero-order valence-corrected chi connectivity index (χ0v) is 20.3. The highest BCUT2D eigenvalue weighted by molar-refractivity contribution is 14.0. The number of carbonyl (C=O) groups excluding carboxylic acids is 1. The van der Waals surface area contributed by atoms with Gasteiger partial charge in [-0.1, -0.05) is 26.0 Å². The Morgan fingerprint density at radius 2 is 1.86 bits per heavy atom. The minimum absolute atomic E-state index is 0. The van der Waals surface area contributed by atoms with Crippen molar-refractivity contribution in [3.8, 4) is 0 Å². The largest absolute Gasteiger partial charge is 0.352 e. The van der Waals surface area contributed by atoms with Gasteiger partial charge in [0.15, 0.2) is 15.8 Å². The van der Waals surface area contributed by atoms with Crippen LogP contribution >= 0.6 is 24.0 Å². The van der Waals surface area contributed by atoms with Crippen LogP contribution in [0.4, 0.5) is 5.69 Å². The molecule has 9 heteroatoms. The molecule has 0 aromatic heterocycles. The Hall–Kier alpha value is -1.36. The first-order valence-electron chi connectivity index (χ1n) is 9.13. The summed E-state index contributed by atoms with van der Waals surface area (Å²) in [5.41, 5.74) is 1.81. The standard InChI is InChI=1S/C19H30N4O3S.HI/c1-14(2)17(24)22-16-8-6-15(7-9-16)12-21-18(20-5)23-10-11-27(25,26)19(3,4)13-23;/h6-9,14H,10-13H2,1-5H3,(H,20,21)(H,22,24);1H. The minimum atomic E-state index is -3.08. The molecule has 7 nitrogen and oxygen atoms in total. The lowest BCUT2D eigenvalue weighted by atomic mass is 10.1. The number of guanidine groups is 1. The van der Waals surface area contributed by atoms with E-state index in [1.807, 2.05) is 43.0 Å². The van der Waals surface area contributed by atoms with Crippen molar-refractivity contribution in [3.05, 3.63) is 29.8 Å². The summed E-state index contributed by atoms with van der Waals surface area (Å²) in [4.78, 5) is 18.0. The Kier molecular flexibility index (Phi) is 8.73. The molecule has 0 aliphatic carbocycles. The third kappa shape index (κ3) is 6.07. The van der Waals surface area contributed by atoms with Crippen molar-refractivity contribution in [2.45, 2.75) is 39.0 Å². The molecule has 0 unspecified atom stereocenters. The predicted octanol–water partition coefficient (Wildman–Crippen LogP) is 2.48. The number of halogens is 1. The van der Waals surface area contributed by atoms with Gasteiger partial charge in [0.25, 0.3) is 0 Å². The van der Waals surface area contributed by atoms with Crippen molar-refractivity contribution >= 4 is 51.4 Å². The van der Waals surface area contributed by atoms with E-state index in [-0.39, 0.29) is 41.6 Å². The van der Waals surface area contributed by atoms with E-state index in [0.29, 0.717) is 25.6 Å². The Bertz CT molecular complexity index is 805. The van der Waals surface area contributed by atoms with E-state index in [0.717, 1.165) is 11.3 Å². The molecular weight excluding hydrogens is 491 g/mol. The fourth-order valence-electron chi connectivity index (χ4n) is 2.83. The molecule has 1 aromatic rings. The van der Waals surface area contributed by atoms with Gasteiger partial charge in [-0.3, -0.25) is 9.79 Å². The highest BCUT2D eigenvalue weighted by atomic mass is 127. The van der Waals surface area contributed by atoms with Crippen molar-refractivity contribution < 1.29 is 13.2 Å². The summed E-state index contributed by atoms with van der Waals surface area (Å²) in [5.74, 6) is 0.747. The van der Waals surface area contributed by atoms with Gasteiger partial charge in [0, 0.05) is 38.3 Å². The summed E-state index contributed by atoms with van der Waals surface area (Å²) < 4.78 is 23.6. The number of aliphatic imine (C=N–C) groups is 1. The molecule has 0 bridgehead atoms. The lowest BCUT2D eigenvalue weighted by Crippen LogP contribution is -2.57. The fraction of sp³-hybridized carbons (Fsp3) is 0.579. The van der Waals surface area contributed by atoms with Crippen molar-refractivity contribution in [2.75, 3.05) is 31.2 Å². The van der Waals surface area contributed by atoms with Crippen LogP contribution < -0.4 is 10.6 Å². The lowest BCUT2D eigenvalue weighted by molar-refractivity contribution is -0.118. The topological polar surface area (TPSA) is 90.9 Å². The molecule has 158 valence electrons. The van der Waals surface area contributed by atoms with Crippen LogP contribution in [0.15, 0.2) is 29.3 Å². The van der Waals surface area contributed by atoms with Crippen LogP contribution in [0.5, 0.6) is 0 Å². The number of carbonyl (C=O) groups is 1. The maximum absolute atomic E-state index is 12.2. The second-order valence-electron chi connectivity index (χ2n) is 7.74. The number of amides is 1. The summed E-state index contributed by atoms with van der Waals surface area (Å²) in [7, 11) is -1.39. The maximum atomic E-state index is 12.2. The first-order valence-corrected chi connectivity index (χ1v) is 10.8. The van der Waals surface area contributed by atoms with Gasteiger partial charge in [-0.15, -0.1) is 24.0 Å². The molecule has 1 aromatic carbocycles. The van der Waals surface area contributed by atoms with E-state index in [1.165, 1.54) is 0 Å². The van der Waals surface area contributed by atoms with Gasteiger partial charge in [-0.2, -0.15) is 0 Å². The highest BCUT2D eigenvalue weighted by Crippen LogP contribution is 2.23. The van der Waals surface area contributed by atoms with Crippen molar-refractivity contribution in [1.29, 1.82) is 0 Å². The predicted molar refractivity (Wildman–Crippen MR) is 125 cm³/mol. The van der Waals surface area contributed by atoms with Gasteiger partial charge in [-0.05, 0) is 31.5 Å². The molecule has 1 saturated heterocycles. The molecule has 1 heterocycles.